The zero-order chi connectivity index (χ0) is 22.1. The fourth-order valence-corrected chi connectivity index (χ4v) is 2.62. The molecule has 10 nitrogen and oxygen atoms in total. The van der Waals surface area contributed by atoms with Gasteiger partial charge in [-0.25, -0.2) is 4.79 Å². The fraction of sp³-hybridized carbons (Fsp3) is 0.474. The number of aliphatic hydroxyl groups is 1. The van der Waals surface area contributed by atoms with Crippen molar-refractivity contribution in [2.24, 2.45) is 0 Å². The van der Waals surface area contributed by atoms with Crippen LogP contribution in [-0.4, -0.2) is 55.9 Å². The molecule has 0 atom stereocenters. The van der Waals surface area contributed by atoms with Crippen LogP contribution in [0.4, 0.5) is 11.8 Å². The van der Waals surface area contributed by atoms with E-state index in [1.165, 1.54) is 4.57 Å². The standard InChI is InChI=1S/C17H24N6O4.C2H6/c1-4-11(7-10(2)8-12(25)26)9-23-15-13(19-17(23)27)14(18)20-16(21-15)22(3)5-6-24;1-2/h4,7,24H,5-6,8-9H2,1-3H3,(H,19,27)(H,25,26)(H2,18,20,21);1-2H3/b10-7+,11-4+;. The number of aromatic amines is 1. The van der Waals surface area contributed by atoms with E-state index in [4.69, 9.17) is 15.9 Å². The van der Waals surface area contributed by atoms with E-state index in [0.717, 1.165) is 5.57 Å². The van der Waals surface area contributed by atoms with Gasteiger partial charge in [0, 0.05) is 13.6 Å². The Morgan fingerprint density at radius 1 is 1.34 bits per heavy atom. The maximum Gasteiger partial charge on any atom is 0.328 e. The number of anilines is 2. The molecule has 160 valence electrons. The molecule has 10 heteroatoms. The Balaban J connectivity index is 0.00000204. The summed E-state index contributed by atoms with van der Waals surface area (Å²) < 4.78 is 1.42. The first-order valence-corrected chi connectivity index (χ1v) is 9.39. The molecule has 0 amide bonds. The van der Waals surface area contributed by atoms with E-state index in [1.807, 2.05) is 20.8 Å². The van der Waals surface area contributed by atoms with E-state index in [1.54, 1.807) is 31.0 Å². The first-order chi connectivity index (χ1) is 13.8. The Labute approximate surface area is 169 Å². The summed E-state index contributed by atoms with van der Waals surface area (Å²) in [6.45, 7) is 7.97. The maximum atomic E-state index is 12.4. The number of likely N-dealkylation sites (N-methyl/N-ethyl adjacent to an activating group) is 1. The highest BCUT2D eigenvalue weighted by molar-refractivity contribution is 5.83. The molecule has 29 heavy (non-hydrogen) atoms. The van der Waals surface area contributed by atoms with Gasteiger partial charge in [0.15, 0.2) is 11.5 Å². The summed E-state index contributed by atoms with van der Waals surface area (Å²) in [4.78, 5) is 36.1. The number of nitrogens with zero attached hydrogens (tertiary/aromatic N) is 4. The number of aromatic nitrogens is 4. The average Bonchev–Trinajstić information content (AvgIpc) is 2.98. The summed E-state index contributed by atoms with van der Waals surface area (Å²) in [5, 5.41) is 18.0. The number of carboxylic acid groups (broad SMARTS) is 1. The van der Waals surface area contributed by atoms with E-state index >= 15 is 0 Å². The molecule has 0 radical (unpaired) electrons. The zero-order valence-electron chi connectivity index (χ0n) is 17.6. The molecular weight excluding hydrogens is 376 g/mol. The molecule has 2 heterocycles. The molecule has 0 aliphatic heterocycles. The van der Waals surface area contributed by atoms with Gasteiger partial charge in [-0.3, -0.25) is 9.36 Å². The van der Waals surface area contributed by atoms with Gasteiger partial charge in [-0.1, -0.05) is 31.6 Å². The second-order valence-electron chi connectivity index (χ2n) is 6.19. The summed E-state index contributed by atoms with van der Waals surface area (Å²) in [5.41, 5.74) is 7.67. The third-order valence-corrected chi connectivity index (χ3v) is 3.99. The van der Waals surface area contributed by atoms with Crippen molar-refractivity contribution in [1.29, 1.82) is 0 Å². The van der Waals surface area contributed by atoms with Gasteiger partial charge in [-0.15, -0.1) is 0 Å². The van der Waals surface area contributed by atoms with Crippen LogP contribution in [-0.2, 0) is 11.3 Å². The number of rotatable bonds is 8. The van der Waals surface area contributed by atoms with Crippen molar-refractivity contribution in [3.63, 3.8) is 0 Å². The van der Waals surface area contributed by atoms with Crippen LogP contribution in [0.3, 0.4) is 0 Å². The molecule has 0 saturated heterocycles. The number of nitrogens with two attached hydrogens (primary N) is 1. The summed E-state index contributed by atoms with van der Waals surface area (Å²) in [5.74, 6) is -0.489. The van der Waals surface area contributed by atoms with Gasteiger partial charge in [-0.05, 0) is 19.4 Å². The van der Waals surface area contributed by atoms with E-state index in [0.29, 0.717) is 29.2 Å². The average molecular weight is 406 g/mol. The van der Waals surface area contributed by atoms with Crippen molar-refractivity contribution in [1.82, 2.24) is 19.5 Å². The number of nitrogens with one attached hydrogen (secondary N) is 1. The van der Waals surface area contributed by atoms with Crippen LogP contribution < -0.4 is 16.3 Å². The first kappa shape index (κ1) is 23.9. The first-order valence-electron chi connectivity index (χ1n) is 9.39. The molecule has 0 aliphatic rings. The van der Waals surface area contributed by atoms with Crippen LogP contribution in [0, 0.1) is 0 Å². The molecule has 0 aliphatic carbocycles. The lowest BCUT2D eigenvalue weighted by Crippen LogP contribution is -2.24. The topological polar surface area (TPSA) is 150 Å². The number of aliphatic carboxylic acids is 1. The van der Waals surface area contributed by atoms with Crippen molar-refractivity contribution in [2.75, 3.05) is 30.8 Å². The molecule has 0 unspecified atom stereocenters. The third kappa shape index (κ3) is 6.18. The molecule has 5 N–H and O–H groups in total. The molecule has 0 spiro atoms. The second kappa shape index (κ2) is 11.0. The van der Waals surface area contributed by atoms with Crippen molar-refractivity contribution < 1.29 is 15.0 Å². The summed E-state index contributed by atoms with van der Waals surface area (Å²) >= 11 is 0. The fourth-order valence-electron chi connectivity index (χ4n) is 2.62. The van der Waals surface area contributed by atoms with E-state index < -0.39 is 11.7 Å². The normalized spacial score (nSPS) is 11.9. The molecule has 0 bridgehead atoms. The van der Waals surface area contributed by atoms with Gasteiger partial charge in [0.1, 0.15) is 5.52 Å². The van der Waals surface area contributed by atoms with Crippen LogP contribution in [0.15, 0.2) is 28.1 Å². The van der Waals surface area contributed by atoms with Gasteiger partial charge >= 0.3 is 11.7 Å². The lowest BCUT2D eigenvalue weighted by Gasteiger charge is -2.16. The number of nitrogen functional groups attached to an aromatic ring is 1. The number of hydrogen-bond donors (Lipinski definition) is 4. The Bertz CT molecular complexity index is 957. The predicted octanol–water partition coefficient (Wildman–Crippen LogP) is 1.52. The quantitative estimate of drug-likeness (QED) is 0.482. The maximum absolute atomic E-state index is 12.4. The number of H-pyrrole nitrogens is 1. The second-order valence-corrected chi connectivity index (χ2v) is 6.19. The summed E-state index contributed by atoms with van der Waals surface area (Å²) in [7, 11) is 1.71. The van der Waals surface area contributed by atoms with Crippen LogP contribution in [0.2, 0.25) is 0 Å². The summed E-state index contributed by atoms with van der Waals surface area (Å²) in [6.07, 6.45) is 3.47. The van der Waals surface area contributed by atoms with Crippen LogP contribution in [0.1, 0.15) is 34.1 Å². The van der Waals surface area contributed by atoms with Crippen molar-refractivity contribution >= 4 is 28.9 Å². The lowest BCUT2D eigenvalue weighted by molar-refractivity contribution is -0.136. The van der Waals surface area contributed by atoms with Crippen LogP contribution in [0.25, 0.3) is 11.2 Å². The number of carboxylic acids is 1. The largest absolute Gasteiger partial charge is 0.481 e. The molecular formula is C19H30N6O4. The molecule has 2 rings (SSSR count). The molecule has 2 aromatic heterocycles. The highest BCUT2D eigenvalue weighted by atomic mass is 16.4. The van der Waals surface area contributed by atoms with Gasteiger partial charge in [0.25, 0.3) is 0 Å². The Morgan fingerprint density at radius 3 is 2.55 bits per heavy atom. The highest BCUT2D eigenvalue weighted by Gasteiger charge is 2.16. The molecule has 0 aromatic carbocycles. The SMILES string of the molecule is C/C=C(\C=C(/C)CC(=O)O)Cn1c(=O)[nH]c2c(N)nc(N(C)CCO)nc21.CC. The monoisotopic (exact) mass is 406 g/mol. The van der Waals surface area contributed by atoms with Gasteiger partial charge in [0.2, 0.25) is 5.95 Å². The zero-order valence-corrected chi connectivity index (χ0v) is 17.6. The number of hydrogen-bond acceptors (Lipinski definition) is 7. The van der Waals surface area contributed by atoms with Gasteiger partial charge < -0.3 is 25.8 Å². The van der Waals surface area contributed by atoms with E-state index in [9.17, 15) is 9.59 Å². The number of carbonyl (C=O) groups is 1. The molecule has 0 fully saturated rings. The Kier molecular flexibility index (Phi) is 9.07. The predicted molar refractivity (Wildman–Crippen MR) is 114 cm³/mol. The minimum absolute atomic E-state index is 0.0753. The highest BCUT2D eigenvalue weighted by Crippen LogP contribution is 2.19. The Hall–Kier alpha value is -3.14. The van der Waals surface area contributed by atoms with Gasteiger partial charge in [-0.2, -0.15) is 9.97 Å². The number of aliphatic hydroxyl groups excluding tert-OH is 1. The number of fused-ring (bicyclic) bond motifs is 1. The van der Waals surface area contributed by atoms with Gasteiger partial charge in [0.05, 0.1) is 19.6 Å². The van der Waals surface area contributed by atoms with E-state index in [-0.39, 0.29) is 25.4 Å². The van der Waals surface area contributed by atoms with Crippen molar-refractivity contribution in [3.8, 4) is 0 Å². The van der Waals surface area contributed by atoms with Crippen LogP contribution in [0.5, 0.6) is 0 Å². The smallest absolute Gasteiger partial charge is 0.328 e. The van der Waals surface area contributed by atoms with Crippen molar-refractivity contribution in [3.05, 3.63) is 33.8 Å². The Morgan fingerprint density at radius 2 is 2.00 bits per heavy atom. The lowest BCUT2D eigenvalue weighted by atomic mass is 10.1. The van der Waals surface area contributed by atoms with Crippen molar-refractivity contribution in [2.45, 2.75) is 40.7 Å². The van der Waals surface area contributed by atoms with E-state index in [2.05, 4.69) is 15.0 Å². The van der Waals surface area contributed by atoms with Crippen LogP contribution >= 0.6 is 0 Å². The molecule has 2 aromatic rings. The minimum Gasteiger partial charge on any atom is -0.481 e. The minimum atomic E-state index is -0.916. The molecule has 0 saturated carbocycles. The third-order valence-electron chi connectivity index (χ3n) is 3.99. The number of allylic oxidation sites excluding steroid dienone is 3. The number of imidazole rings is 1. The summed E-state index contributed by atoms with van der Waals surface area (Å²) in [6, 6.07) is 0.